The first kappa shape index (κ1) is 14.4. The minimum atomic E-state index is -0.968. The third-order valence-electron chi connectivity index (χ3n) is 2.98. The number of aromatic nitrogens is 1. The summed E-state index contributed by atoms with van der Waals surface area (Å²) in [6.45, 7) is 3.31. The van der Waals surface area contributed by atoms with Crippen LogP contribution >= 0.6 is 0 Å². The molecular weight excluding hydrogens is 283 g/mol. The van der Waals surface area contributed by atoms with Gasteiger partial charge in [0, 0.05) is 11.6 Å². The molecule has 110 valence electrons. The minimum Gasteiger partial charge on any atom is -0.392 e. The Kier molecular flexibility index (Phi) is 3.57. The SMILES string of the molecule is Cc1noc(NC(=O)c2c(F)ccc([N+](=O)[O-])c2N)c1C. The number of nitrogens with one attached hydrogen (secondary N) is 1. The van der Waals surface area contributed by atoms with Crippen molar-refractivity contribution in [2.45, 2.75) is 13.8 Å². The highest BCUT2D eigenvalue weighted by Crippen LogP contribution is 2.28. The van der Waals surface area contributed by atoms with Crippen molar-refractivity contribution >= 4 is 23.2 Å². The lowest BCUT2D eigenvalue weighted by atomic mass is 10.1. The van der Waals surface area contributed by atoms with E-state index in [1.807, 2.05) is 0 Å². The summed E-state index contributed by atoms with van der Waals surface area (Å²) in [5.74, 6) is -1.89. The Morgan fingerprint density at radius 2 is 2.14 bits per heavy atom. The number of halogens is 1. The molecule has 0 unspecified atom stereocenters. The molecular formula is C12H11FN4O4. The zero-order chi connectivity index (χ0) is 15.7. The van der Waals surface area contributed by atoms with Crippen molar-refractivity contribution in [1.29, 1.82) is 0 Å². The number of amides is 1. The quantitative estimate of drug-likeness (QED) is 0.507. The van der Waals surface area contributed by atoms with E-state index in [1.54, 1.807) is 13.8 Å². The highest BCUT2D eigenvalue weighted by Gasteiger charge is 2.25. The summed E-state index contributed by atoms with van der Waals surface area (Å²) in [6, 6.07) is 1.70. The second-order valence-corrected chi connectivity index (χ2v) is 4.29. The molecule has 0 saturated heterocycles. The minimum absolute atomic E-state index is 0.0304. The maximum Gasteiger partial charge on any atom is 0.293 e. The molecule has 1 aromatic heterocycles. The smallest absolute Gasteiger partial charge is 0.293 e. The van der Waals surface area contributed by atoms with Crippen LogP contribution in [0.5, 0.6) is 0 Å². The van der Waals surface area contributed by atoms with Crippen molar-refractivity contribution in [2.75, 3.05) is 11.1 Å². The molecule has 0 bridgehead atoms. The van der Waals surface area contributed by atoms with Crippen LogP contribution in [0.25, 0.3) is 0 Å². The van der Waals surface area contributed by atoms with Crippen LogP contribution in [0.2, 0.25) is 0 Å². The zero-order valence-electron chi connectivity index (χ0n) is 11.1. The molecule has 0 aliphatic rings. The first-order valence-corrected chi connectivity index (χ1v) is 5.79. The second kappa shape index (κ2) is 5.19. The molecule has 0 fully saturated rings. The average molecular weight is 294 g/mol. The van der Waals surface area contributed by atoms with Gasteiger partial charge >= 0.3 is 0 Å². The van der Waals surface area contributed by atoms with Gasteiger partial charge in [-0.3, -0.25) is 20.2 Å². The van der Waals surface area contributed by atoms with E-state index in [2.05, 4.69) is 10.5 Å². The van der Waals surface area contributed by atoms with Gasteiger partial charge < -0.3 is 10.3 Å². The molecule has 3 N–H and O–H groups in total. The molecule has 1 heterocycles. The number of aryl methyl sites for hydroxylation is 1. The Morgan fingerprint density at radius 1 is 1.48 bits per heavy atom. The first-order chi connectivity index (χ1) is 9.82. The Morgan fingerprint density at radius 3 is 2.67 bits per heavy atom. The lowest BCUT2D eigenvalue weighted by Gasteiger charge is -2.07. The van der Waals surface area contributed by atoms with Gasteiger partial charge in [-0.25, -0.2) is 4.39 Å². The van der Waals surface area contributed by atoms with Gasteiger partial charge in [0.1, 0.15) is 17.1 Å². The van der Waals surface area contributed by atoms with E-state index < -0.39 is 33.6 Å². The monoisotopic (exact) mass is 294 g/mol. The molecule has 1 amide bonds. The normalized spacial score (nSPS) is 10.4. The van der Waals surface area contributed by atoms with E-state index in [4.69, 9.17) is 10.3 Å². The summed E-state index contributed by atoms with van der Waals surface area (Å²) in [4.78, 5) is 22.0. The van der Waals surface area contributed by atoms with E-state index in [0.717, 1.165) is 12.1 Å². The number of nitrogen functional groups attached to an aromatic ring is 1. The zero-order valence-corrected chi connectivity index (χ0v) is 11.1. The van der Waals surface area contributed by atoms with Crippen molar-refractivity contribution < 1.29 is 18.6 Å². The van der Waals surface area contributed by atoms with Crippen molar-refractivity contribution in [3.8, 4) is 0 Å². The van der Waals surface area contributed by atoms with E-state index in [9.17, 15) is 19.3 Å². The van der Waals surface area contributed by atoms with E-state index >= 15 is 0 Å². The van der Waals surface area contributed by atoms with Crippen LogP contribution in [0.15, 0.2) is 16.7 Å². The Labute approximate surface area is 117 Å². The fourth-order valence-electron chi connectivity index (χ4n) is 1.67. The molecule has 0 spiro atoms. The standard InChI is InChI=1S/C12H11FN4O4/c1-5-6(2)16-21-12(5)15-11(18)9-7(13)3-4-8(10(9)14)17(19)20/h3-4H,14H2,1-2H3,(H,15,18). The lowest BCUT2D eigenvalue weighted by molar-refractivity contribution is -0.384. The van der Waals surface area contributed by atoms with Crippen molar-refractivity contribution in [2.24, 2.45) is 0 Å². The van der Waals surface area contributed by atoms with E-state index in [0.29, 0.717) is 11.3 Å². The summed E-state index contributed by atoms with van der Waals surface area (Å²) >= 11 is 0. The predicted octanol–water partition coefficient (Wildman–Crippen LogP) is 2.17. The number of carbonyl (C=O) groups excluding carboxylic acids is 1. The molecule has 0 radical (unpaired) electrons. The van der Waals surface area contributed by atoms with Crippen LogP contribution in [0.4, 0.5) is 21.6 Å². The van der Waals surface area contributed by atoms with E-state index in [-0.39, 0.29) is 5.88 Å². The summed E-state index contributed by atoms with van der Waals surface area (Å²) in [5, 5.41) is 16.7. The molecule has 2 rings (SSSR count). The van der Waals surface area contributed by atoms with Crippen molar-refractivity contribution in [3.05, 3.63) is 44.9 Å². The largest absolute Gasteiger partial charge is 0.392 e. The van der Waals surface area contributed by atoms with Crippen LogP contribution in [0.3, 0.4) is 0 Å². The number of hydrogen-bond acceptors (Lipinski definition) is 6. The van der Waals surface area contributed by atoms with Crippen LogP contribution < -0.4 is 11.1 Å². The third kappa shape index (κ3) is 2.53. The van der Waals surface area contributed by atoms with Crippen LogP contribution in [-0.4, -0.2) is 16.0 Å². The molecule has 2 aromatic rings. The summed E-state index contributed by atoms with van der Waals surface area (Å²) in [6.07, 6.45) is 0. The van der Waals surface area contributed by atoms with Crippen LogP contribution in [0.1, 0.15) is 21.6 Å². The predicted molar refractivity (Wildman–Crippen MR) is 71.4 cm³/mol. The number of nitro groups is 1. The first-order valence-electron chi connectivity index (χ1n) is 5.79. The molecule has 0 saturated carbocycles. The van der Waals surface area contributed by atoms with Gasteiger partial charge in [-0.1, -0.05) is 5.16 Å². The number of hydrogen-bond donors (Lipinski definition) is 2. The fourth-order valence-corrected chi connectivity index (χ4v) is 1.67. The fraction of sp³-hybridized carbons (Fsp3) is 0.167. The Balaban J connectivity index is 2.42. The molecule has 8 nitrogen and oxygen atoms in total. The number of nitrogens with zero attached hydrogens (tertiary/aromatic N) is 2. The number of nitrogens with two attached hydrogens (primary N) is 1. The number of anilines is 2. The van der Waals surface area contributed by atoms with Gasteiger partial charge in [0.25, 0.3) is 11.6 Å². The summed E-state index contributed by atoms with van der Waals surface area (Å²) in [5.41, 5.74) is 4.90. The summed E-state index contributed by atoms with van der Waals surface area (Å²) in [7, 11) is 0. The van der Waals surface area contributed by atoms with Crippen molar-refractivity contribution in [1.82, 2.24) is 5.16 Å². The van der Waals surface area contributed by atoms with Gasteiger partial charge in [-0.2, -0.15) is 0 Å². The molecule has 1 aromatic carbocycles. The van der Waals surface area contributed by atoms with Gasteiger partial charge in [0.2, 0.25) is 5.88 Å². The molecule has 0 aliphatic heterocycles. The molecule has 21 heavy (non-hydrogen) atoms. The number of nitro benzene ring substituents is 1. The van der Waals surface area contributed by atoms with Gasteiger partial charge in [0.15, 0.2) is 0 Å². The Bertz CT molecular complexity index is 741. The maximum atomic E-state index is 13.7. The molecule has 0 atom stereocenters. The average Bonchev–Trinajstić information content (AvgIpc) is 2.70. The second-order valence-electron chi connectivity index (χ2n) is 4.29. The number of carbonyl (C=O) groups is 1. The Hall–Kier alpha value is -2.97. The lowest BCUT2D eigenvalue weighted by Crippen LogP contribution is -2.17. The number of benzene rings is 1. The van der Waals surface area contributed by atoms with E-state index in [1.165, 1.54) is 0 Å². The highest BCUT2D eigenvalue weighted by molar-refractivity contribution is 6.08. The third-order valence-corrected chi connectivity index (χ3v) is 2.98. The molecule has 0 aliphatic carbocycles. The summed E-state index contributed by atoms with van der Waals surface area (Å²) < 4.78 is 18.6. The molecule has 9 heteroatoms. The maximum absolute atomic E-state index is 13.7. The van der Waals surface area contributed by atoms with Gasteiger partial charge in [-0.15, -0.1) is 0 Å². The van der Waals surface area contributed by atoms with Gasteiger partial charge in [0.05, 0.1) is 10.6 Å². The van der Waals surface area contributed by atoms with Gasteiger partial charge in [-0.05, 0) is 19.9 Å². The van der Waals surface area contributed by atoms with Crippen LogP contribution in [-0.2, 0) is 0 Å². The van der Waals surface area contributed by atoms with Crippen molar-refractivity contribution in [3.63, 3.8) is 0 Å². The number of rotatable bonds is 3. The topological polar surface area (TPSA) is 124 Å². The van der Waals surface area contributed by atoms with Crippen LogP contribution in [0, 0.1) is 29.8 Å². The highest BCUT2D eigenvalue weighted by atomic mass is 19.1.